The van der Waals surface area contributed by atoms with Crippen molar-refractivity contribution in [3.8, 4) is 5.75 Å². The third-order valence-corrected chi connectivity index (χ3v) is 4.06. The van der Waals surface area contributed by atoms with Crippen LogP contribution in [0.1, 0.15) is 51.1 Å². The van der Waals surface area contributed by atoms with Gasteiger partial charge >= 0.3 is 0 Å². The molecule has 0 radical (unpaired) electrons. The molecule has 3 heteroatoms. The van der Waals surface area contributed by atoms with Crippen LogP contribution in [-0.4, -0.2) is 13.2 Å². The van der Waals surface area contributed by atoms with Gasteiger partial charge in [0.1, 0.15) is 11.6 Å². The Bertz CT molecular complexity index is 421. The largest absolute Gasteiger partial charge is 0.490 e. The van der Waals surface area contributed by atoms with E-state index >= 15 is 0 Å². The first kappa shape index (κ1) is 14.3. The molecule has 0 aromatic heterocycles. The van der Waals surface area contributed by atoms with Crippen LogP contribution in [0.25, 0.3) is 0 Å². The third kappa shape index (κ3) is 3.47. The lowest BCUT2D eigenvalue weighted by Crippen LogP contribution is -2.25. The molecule has 19 heavy (non-hydrogen) atoms. The molecule has 1 N–H and O–H groups in total. The molecular formula is C16H24FNO. The van der Waals surface area contributed by atoms with E-state index in [9.17, 15) is 4.39 Å². The molecule has 0 heterocycles. The highest BCUT2D eigenvalue weighted by molar-refractivity contribution is 5.37. The molecule has 3 atom stereocenters. The normalized spacial score (nSPS) is 25.1. The van der Waals surface area contributed by atoms with E-state index in [4.69, 9.17) is 4.74 Å². The molecule has 106 valence electrons. The van der Waals surface area contributed by atoms with Gasteiger partial charge in [-0.2, -0.15) is 0 Å². The monoisotopic (exact) mass is 265 g/mol. The number of benzene rings is 1. The Morgan fingerprint density at radius 2 is 2.16 bits per heavy atom. The highest BCUT2D eigenvalue weighted by Gasteiger charge is 2.23. The molecule has 1 aromatic carbocycles. The lowest BCUT2D eigenvalue weighted by atomic mass is 9.88. The van der Waals surface area contributed by atoms with E-state index in [0.29, 0.717) is 17.2 Å². The van der Waals surface area contributed by atoms with Gasteiger partial charge < -0.3 is 10.1 Å². The van der Waals surface area contributed by atoms with E-state index in [1.165, 1.54) is 18.9 Å². The van der Waals surface area contributed by atoms with Gasteiger partial charge in [-0.15, -0.1) is 0 Å². The highest BCUT2D eigenvalue weighted by Crippen LogP contribution is 2.32. The zero-order chi connectivity index (χ0) is 13.8. The smallest absolute Gasteiger partial charge is 0.131 e. The fourth-order valence-corrected chi connectivity index (χ4v) is 2.85. The minimum absolute atomic E-state index is 0.0442. The molecule has 0 spiro atoms. The number of rotatable bonds is 4. The first-order valence-corrected chi connectivity index (χ1v) is 7.24. The maximum Gasteiger partial charge on any atom is 0.131 e. The summed E-state index contributed by atoms with van der Waals surface area (Å²) in [5.41, 5.74) is 0.642. The van der Waals surface area contributed by atoms with Crippen LogP contribution in [0.2, 0.25) is 0 Å². The van der Waals surface area contributed by atoms with Crippen LogP contribution in [0.3, 0.4) is 0 Å². The Morgan fingerprint density at radius 3 is 2.84 bits per heavy atom. The number of ether oxygens (including phenoxy) is 1. The van der Waals surface area contributed by atoms with E-state index < -0.39 is 0 Å². The molecule has 0 bridgehead atoms. The average molecular weight is 265 g/mol. The van der Waals surface area contributed by atoms with Gasteiger partial charge in [0.15, 0.2) is 0 Å². The first-order chi connectivity index (χ1) is 9.11. The Kier molecular flexibility index (Phi) is 4.81. The molecule has 2 nitrogen and oxygen atoms in total. The van der Waals surface area contributed by atoms with Crippen molar-refractivity contribution in [3.63, 3.8) is 0 Å². The zero-order valence-electron chi connectivity index (χ0n) is 12.1. The highest BCUT2D eigenvalue weighted by atomic mass is 19.1. The second-order valence-corrected chi connectivity index (χ2v) is 5.67. The van der Waals surface area contributed by atoms with Crippen LogP contribution >= 0.6 is 0 Å². The molecule has 0 saturated heterocycles. The molecule has 1 aliphatic rings. The van der Waals surface area contributed by atoms with Crippen molar-refractivity contribution < 1.29 is 9.13 Å². The predicted octanol–water partition coefficient (Wildman–Crippen LogP) is 4.06. The van der Waals surface area contributed by atoms with Crippen molar-refractivity contribution in [1.29, 1.82) is 0 Å². The van der Waals surface area contributed by atoms with Crippen LogP contribution in [-0.2, 0) is 0 Å². The van der Waals surface area contributed by atoms with Gasteiger partial charge in [0.25, 0.3) is 0 Å². The van der Waals surface area contributed by atoms with Gasteiger partial charge in [0.05, 0.1) is 6.10 Å². The van der Waals surface area contributed by atoms with Crippen LogP contribution in [0.5, 0.6) is 5.75 Å². The second-order valence-electron chi connectivity index (χ2n) is 5.67. The Morgan fingerprint density at radius 1 is 1.37 bits per heavy atom. The fraction of sp³-hybridized carbons (Fsp3) is 0.625. The molecule has 1 aromatic rings. The van der Waals surface area contributed by atoms with Crippen LogP contribution in [0.15, 0.2) is 18.2 Å². The SMILES string of the molecule is CNC(C)c1c(F)cccc1OC1CCCC(C)C1. The van der Waals surface area contributed by atoms with Gasteiger partial charge in [-0.25, -0.2) is 4.39 Å². The summed E-state index contributed by atoms with van der Waals surface area (Å²) < 4.78 is 20.1. The van der Waals surface area contributed by atoms with Crippen LogP contribution in [0, 0.1) is 11.7 Å². The maximum atomic E-state index is 14.0. The zero-order valence-corrected chi connectivity index (χ0v) is 12.1. The van der Waals surface area contributed by atoms with E-state index in [-0.39, 0.29) is 18.0 Å². The minimum atomic E-state index is -0.191. The van der Waals surface area contributed by atoms with Crippen LogP contribution < -0.4 is 10.1 Å². The van der Waals surface area contributed by atoms with E-state index in [1.807, 2.05) is 20.0 Å². The summed E-state index contributed by atoms with van der Waals surface area (Å²) in [6.45, 7) is 4.22. The summed E-state index contributed by atoms with van der Waals surface area (Å²) in [5.74, 6) is 1.21. The lowest BCUT2D eigenvalue weighted by Gasteiger charge is -2.29. The van der Waals surface area contributed by atoms with Crippen LogP contribution in [0.4, 0.5) is 4.39 Å². The summed E-state index contributed by atoms with van der Waals surface area (Å²) in [5, 5.41) is 3.09. The molecule has 0 aliphatic heterocycles. The Balaban J connectivity index is 2.17. The molecule has 0 amide bonds. The van der Waals surface area contributed by atoms with Gasteiger partial charge in [-0.1, -0.05) is 19.4 Å². The van der Waals surface area contributed by atoms with Crippen molar-refractivity contribution in [2.45, 2.75) is 51.7 Å². The summed E-state index contributed by atoms with van der Waals surface area (Å²) in [7, 11) is 1.84. The Hall–Kier alpha value is -1.09. The molecule has 2 rings (SSSR count). The van der Waals surface area contributed by atoms with E-state index in [0.717, 1.165) is 12.8 Å². The van der Waals surface area contributed by atoms with Crippen molar-refractivity contribution in [1.82, 2.24) is 5.32 Å². The summed E-state index contributed by atoms with van der Waals surface area (Å²) in [6.07, 6.45) is 4.87. The molecule has 3 unspecified atom stereocenters. The predicted molar refractivity (Wildman–Crippen MR) is 75.9 cm³/mol. The minimum Gasteiger partial charge on any atom is -0.490 e. The molecule has 1 saturated carbocycles. The quantitative estimate of drug-likeness (QED) is 0.886. The van der Waals surface area contributed by atoms with Crippen molar-refractivity contribution in [2.75, 3.05) is 7.05 Å². The van der Waals surface area contributed by atoms with Crippen molar-refractivity contribution >= 4 is 0 Å². The van der Waals surface area contributed by atoms with Gasteiger partial charge in [-0.05, 0) is 51.3 Å². The topological polar surface area (TPSA) is 21.3 Å². The summed E-state index contributed by atoms with van der Waals surface area (Å²) >= 11 is 0. The number of halogens is 1. The first-order valence-electron chi connectivity index (χ1n) is 7.24. The maximum absolute atomic E-state index is 14.0. The van der Waals surface area contributed by atoms with Gasteiger partial charge in [0.2, 0.25) is 0 Å². The number of hydrogen-bond acceptors (Lipinski definition) is 2. The second kappa shape index (κ2) is 6.38. The number of nitrogens with one attached hydrogen (secondary N) is 1. The third-order valence-electron chi connectivity index (χ3n) is 4.06. The summed E-state index contributed by atoms with van der Waals surface area (Å²) in [6, 6.07) is 5.06. The van der Waals surface area contributed by atoms with Gasteiger partial charge in [-0.3, -0.25) is 0 Å². The molecular weight excluding hydrogens is 241 g/mol. The van der Waals surface area contributed by atoms with Gasteiger partial charge in [0, 0.05) is 11.6 Å². The lowest BCUT2D eigenvalue weighted by molar-refractivity contribution is 0.127. The van der Waals surface area contributed by atoms with E-state index in [2.05, 4.69) is 12.2 Å². The fourth-order valence-electron chi connectivity index (χ4n) is 2.85. The van der Waals surface area contributed by atoms with Crippen molar-refractivity contribution in [3.05, 3.63) is 29.6 Å². The summed E-state index contributed by atoms with van der Waals surface area (Å²) in [4.78, 5) is 0. The standard InChI is InChI=1S/C16H24FNO/c1-11-6-4-7-13(10-11)19-15-9-5-8-14(17)16(15)12(2)18-3/h5,8-9,11-13,18H,4,6-7,10H2,1-3H3. The molecule has 1 fully saturated rings. The molecule has 1 aliphatic carbocycles. The Labute approximate surface area is 115 Å². The number of hydrogen-bond donors (Lipinski definition) is 1. The van der Waals surface area contributed by atoms with Crippen molar-refractivity contribution in [2.24, 2.45) is 5.92 Å². The average Bonchev–Trinajstić information content (AvgIpc) is 2.38. The van der Waals surface area contributed by atoms with E-state index in [1.54, 1.807) is 6.07 Å².